The summed E-state index contributed by atoms with van der Waals surface area (Å²) < 4.78 is 0. The molecule has 1 aromatic heterocycles. The number of amides is 1. The third kappa shape index (κ3) is 3.63. The van der Waals surface area contributed by atoms with Gasteiger partial charge in [0.15, 0.2) is 0 Å². The van der Waals surface area contributed by atoms with Crippen LogP contribution in [0, 0.1) is 0 Å². The van der Waals surface area contributed by atoms with Gasteiger partial charge in [-0.15, -0.1) is 0 Å². The van der Waals surface area contributed by atoms with Gasteiger partial charge in [0.1, 0.15) is 5.69 Å². The van der Waals surface area contributed by atoms with E-state index in [1.165, 1.54) is 6.20 Å². The molecule has 0 radical (unpaired) electrons. The number of nitrogens with two attached hydrogens (primary N) is 1. The van der Waals surface area contributed by atoms with E-state index in [4.69, 9.17) is 5.73 Å². The Morgan fingerprint density at radius 3 is 2.76 bits per heavy atom. The van der Waals surface area contributed by atoms with E-state index in [1.54, 1.807) is 28.8 Å². The number of nitrogen functional groups attached to an aromatic ring is 1. The molecule has 0 aromatic carbocycles. The SMILES string of the molecule is CCC(CSC)N(C)C(=O)c1ccc(N)cn1. The van der Waals surface area contributed by atoms with Gasteiger partial charge in [0.05, 0.1) is 11.9 Å². The van der Waals surface area contributed by atoms with Crippen molar-refractivity contribution in [3.05, 3.63) is 24.0 Å². The molecular weight excluding hydrogens is 234 g/mol. The van der Waals surface area contributed by atoms with Crippen LogP contribution in [0.3, 0.4) is 0 Å². The summed E-state index contributed by atoms with van der Waals surface area (Å²) in [5, 5.41) is 0. The molecule has 0 aliphatic carbocycles. The Balaban J connectivity index is 2.77. The van der Waals surface area contributed by atoms with Crippen LogP contribution in [0.25, 0.3) is 0 Å². The summed E-state index contributed by atoms with van der Waals surface area (Å²) in [5.74, 6) is 0.888. The van der Waals surface area contributed by atoms with Crippen molar-refractivity contribution in [1.29, 1.82) is 0 Å². The van der Waals surface area contributed by atoms with Gasteiger partial charge >= 0.3 is 0 Å². The summed E-state index contributed by atoms with van der Waals surface area (Å²) in [6, 6.07) is 3.61. The van der Waals surface area contributed by atoms with Crippen molar-refractivity contribution in [1.82, 2.24) is 9.88 Å². The maximum atomic E-state index is 12.1. The molecule has 0 saturated carbocycles. The number of hydrogen-bond donors (Lipinski definition) is 1. The van der Waals surface area contributed by atoms with Crippen molar-refractivity contribution in [2.75, 3.05) is 24.8 Å². The van der Waals surface area contributed by atoms with Crippen molar-refractivity contribution < 1.29 is 4.79 Å². The first-order chi connectivity index (χ1) is 8.10. The predicted octanol–water partition coefficient (Wildman–Crippen LogP) is 1.88. The van der Waals surface area contributed by atoms with E-state index >= 15 is 0 Å². The van der Waals surface area contributed by atoms with Crippen LogP contribution in [0.2, 0.25) is 0 Å². The molecule has 0 aliphatic heterocycles. The van der Waals surface area contributed by atoms with Gasteiger partial charge in [0, 0.05) is 18.8 Å². The third-order valence-electron chi connectivity index (χ3n) is 2.70. The topological polar surface area (TPSA) is 59.2 Å². The summed E-state index contributed by atoms with van der Waals surface area (Å²) >= 11 is 1.74. The molecule has 4 nitrogen and oxygen atoms in total. The molecule has 0 bridgehead atoms. The fraction of sp³-hybridized carbons (Fsp3) is 0.500. The lowest BCUT2D eigenvalue weighted by molar-refractivity contribution is 0.0738. The number of aromatic nitrogens is 1. The molecule has 1 aromatic rings. The van der Waals surface area contributed by atoms with E-state index in [2.05, 4.69) is 11.9 Å². The van der Waals surface area contributed by atoms with Gasteiger partial charge in [-0.25, -0.2) is 4.98 Å². The molecule has 5 heteroatoms. The van der Waals surface area contributed by atoms with Gasteiger partial charge in [-0.05, 0) is 24.8 Å². The molecule has 1 amide bonds. The van der Waals surface area contributed by atoms with E-state index < -0.39 is 0 Å². The maximum absolute atomic E-state index is 12.1. The number of pyridine rings is 1. The highest BCUT2D eigenvalue weighted by Gasteiger charge is 2.19. The molecular formula is C12H19N3OS. The van der Waals surface area contributed by atoms with Crippen LogP contribution in [-0.2, 0) is 0 Å². The van der Waals surface area contributed by atoms with Crippen LogP contribution in [-0.4, -0.2) is 40.9 Å². The Morgan fingerprint density at radius 1 is 1.59 bits per heavy atom. The Bertz CT molecular complexity index is 367. The summed E-state index contributed by atoms with van der Waals surface area (Å²) in [7, 11) is 1.82. The van der Waals surface area contributed by atoms with Gasteiger partial charge < -0.3 is 10.6 Å². The minimum absolute atomic E-state index is 0.0501. The van der Waals surface area contributed by atoms with E-state index in [9.17, 15) is 4.79 Å². The van der Waals surface area contributed by atoms with Crippen molar-refractivity contribution in [2.24, 2.45) is 0 Å². The summed E-state index contributed by atoms with van der Waals surface area (Å²) in [6.45, 7) is 2.08. The maximum Gasteiger partial charge on any atom is 0.272 e. The first-order valence-electron chi connectivity index (χ1n) is 5.57. The van der Waals surface area contributed by atoms with E-state index in [1.807, 2.05) is 13.3 Å². The van der Waals surface area contributed by atoms with Gasteiger partial charge in [0.25, 0.3) is 5.91 Å². The van der Waals surface area contributed by atoms with Crippen LogP contribution >= 0.6 is 11.8 Å². The Labute approximate surface area is 107 Å². The second kappa shape index (κ2) is 6.49. The first kappa shape index (κ1) is 13.8. The minimum Gasteiger partial charge on any atom is -0.397 e. The lowest BCUT2D eigenvalue weighted by atomic mass is 10.2. The van der Waals surface area contributed by atoms with E-state index in [0.717, 1.165) is 12.2 Å². The molecule has 1 unspecified atom stereocenters. The lowest BCUT2D eigenvalue weighted by Gasteiger charge is -2.26. The average Bonchev–Trinajstić information content (AvgIpc) is 2.35. The molecule has 17 heavy (non-hydrogen) atoms. The van der Waals surface area contributed by atoms with Crippen LogP contribution in [0.15, 0.2) is 18.3 Å². The van der Waals surface area contributed by atoms with Crippen molar-refractivity contribution in [3.8, 4) is 0 Å². The predicted molar refractivity (Wildman–Crippen MR) is 73.2 cm³/mol. The molecule has 94 valence electrons. The number of nitrogens with zero attached hydrogens (tertiary/aromatic N) is 2. The van der Waals surface area contributed by atoms with Gasteiger partial charge in [-0.3, -0.25) is 4.79 Å². The van der Waals surface area contributed by atoms with Crippen molar-refractivity contribution in [3.63, 3.8) is 0 Å². The third-order valence-corrected chi connectivity index (χ3v) is 3.42. The van der Waals surface area contributed by atoms with Crippen LogP contribution in [0.5, 0.6) is 0 Å². The number of thioether (sulfide) groups is 1. The summed E-state index contributed by atoms with van der Waals surface area (Å²) in [6.07, 6.45) is 4.50. The minimum atomic E-state index is -0.0501. The number of carbonyl (C=O) groups is 1. The van der Waals surface area contributed by atoms with Gasteiger partial charge in [-0.2, -0.15) is 11.8 Å². The zero-order chi connectivity index (χ0) is 12.8. The summed E-state index contributed by atoms with van der Waals surface area (Å²) in [4.78, 5) is 18.0. The summed E-state index contributed by atoms with van der Waals surface area (Å²) in [5.41, 5.74) is 6.56. The normalized spacial score (nSPS) is 12.2. The zero-order valence-electron chi connectivity index (χ0n) is 10.5. The molecule has 1 rings (SSSR count). The Kier molecular flexibility index (Phi) is 5.28. The highest BCUT2D eigenvalue weighted by atomic mass is 32.2. The van der Waals surface area contributed by atoms with Gasteiger partial charge in [-0.1, -0.05) is 6.92 Å². The average molecular weight is 253 g/mol. The van der Waals surface area contributed by atoms with Gasteiger partial charge in [0.2, 0.25) is 0 Å². The quantitative estimate of drug-likeness (QED) is 0.870. The number of anilines is 1. The molecule has 0 spiro atoms. The molecule has 2 N–H and O–H groups in total. The Hall–Kier alpha value is -1.23. The molecule has 0 aliphatic rings. The number of rotatable bonds is 5. The van der Waals surface area contributed by atoms with Crippen molar-refractivity contribution >= 4 is 23.4 Å². The fourth-order valence-corrected chi connectivity index (χ4v) is 2.42. The largest absolute Gasteiger partial charge is 0.397 e. The van der Waals surface area contributed by atoms with E-state index in [0.29, 0.717) is 11.4 Å². The zero-order valence-corrected chi connectivity index (χ0v) is 11.3. The smallest absolute Gasteiger partial charge is 0.272 e. The highest BCUT2D eigenvalue weighted by Crippen LogP contribution is 2.12. The van der Waals surface area contributed by atoms with E-state index in [-0.39, 0.29) is 11.9 Å². The second-order valence-corrected chi connectivity index (χ2v) is 4.82. The fourth-order valence-electron chi connectivity index (χ4n) is 1.57. The van der Waals surface area contributed by atoms with Crippen LogP contribution in [0.1, 0.15) is 23.8 Å². The second-order valence-electron chi connectivity index (χ2n) is 3.91. The van der Waals surface area contributed by atoms with Crippen LogP contribution < -0.4 is 5.73 Å². The molecule has 0 saturated heterocycles. The molecule has 0 fully saturated rings. The molecule has 1 atom stereocenters. The highest BCUT2D eigenvalue weighted by molar-refractivity contribution is 7.98. The van der Waals surface area contributed by atoms with Crippen LogP contribution in [0.4, 0.5) is 5.69 Å². The Morgan fingerprint density at radius 2 is 2.29 bits per heavy atom. The number of hydrogen-bond acceptors (Lipinski definition) is 4. The molecule has 1 heterocycles. The standard InChI is InChI=1S/C12H19N3OS/c1-4-10(8-17-3)15(2)12(16)11-6-5-9(13)7-14-11/h5-7,10H,4,8,13H2,1-3H3. The lowest BCUT2D eigenvalue weighted by Crippen LogP contribution is -2.38. The monoisotopic (exact) mass is 253 g/mol. The first-order valence-corrected chi connectivity index (χ1v) is 6.97. The van der Waals surface area contributed by atoms with Crippen molar-refractivity contribution in [2.45, 2.75) is 19.4 Å². The number of carbonyl (C=O) groups excluding carboxylic acids is 1.